The number of carboxylic acid groups (broad SMARTS) is 1. The number of nitrogens with two attached hydrogens (primary N) is 1. The minimum Gasteiger partial charge on any atom is -0.506 e. The van der Waals surface area contributed by atoms with Crippen LogP contribution in [0.2, 0.25) is 0 Å². The lowest BCUT2D eigenvalue weighted by atomic mass is 9.92. The first-order chi connectivity index (χ1) is 19.8. The number of aldehydes is 1. The van der Waals surface area contributed by atoms with E-state index in [1.165, 1.54) is 19.1 Å². The number of aliphatic hydroxyl groups excluding tert-OH is 4. The molecule has 230 valence electrons. The number of hydrogen-bond acceptors (Lipinski definition) is 13. The third-order valence-electron chi connectivity index (χ3n) is 6.82. The minimum absolute atomic E-state index is 0.0679. The number of aromatic nitrogens is 3. The van der Waals surface area contributed by atoms with Crippen LogP contribution in [-0.4, -0.2) is 112 Å². The van der Waals surface area contributed by atoms with Crippen molar-refractivity contribution < 1.29 is 54.6 Å². The molecule has 3 heterocycles. The van der Waals surface area contributed by atoms with Crippen LogP contribution in [-0.2, 0) is 19.1 Å². The fraction of sp³-hybridized carbons (Fsp3) is 0.500. The van der Waals surface area contributed by atoms with Gasteiger partial charge >= 0.3 is 11.7 Å². The van der Waals surface area contributed by atoms with Crippen molar-refractivity contribution >= 4 is 24.1 Å². The van der Waals surface area contributed by atoms with Crippen molar-refractivity contribution in [1.29, 1.82) is 0 Å². The number of pyridine rings is 1. The summed E-state index contributed by atoms with van der Waals surface area (Å²) in [6, 6.07) is -2.52. The molecule has 0 aliphatic carbocycles. The van der Waals surface area contributed by atoms with E-state index in [0.717, 1.165) is 17.0 Å². The first-order valence-corrected chi connectivity index (χ1v) is 12.6. The molecule has 2 aromatic heterocycles. The number of aliphatic hydroxyl groups is 4. The maximum absolute atomic E-state index is 13.3. The standard InChI is InChI=1S/C24H32N6O12/c1-9(16(34)12-3-2-11(33)6-26-12)14(25)20(37)29-15(21(38)28-13(4-5-31)23(39)40)19-17(35)18(36)22(42-19)30-7-10(8-32)27-24(30)41/h2-3,6-9,13-19,22,31,33-36H,4-5,25H2,1H3,(H,27,41)(H,28,38)(H,29,37)(H,39,40)/t9-,13+,14-,15-,16+,17-,18+,19-,22-/m0/s1. The van der Waals surface area contributed by atoms with Crippen LogP contribution < -0.4 is 22.1 Å². The normalized spacial score (nSPS) is 23.8. The molecule has 9 atom stereocenters. The molecule has 0 bridgehead atoms. The maximum Gasteiger partial charge on any atom is 0.328 e. The van der Waals surface area contributed by atoms with E-state index in [1.54, 1.807) is 0 Å². The van der Waals surface area contributed by atoms with Gasteiger partial charge in [-0.1, -0.05) is 6.92 Å². The summed E-state index contributed by atoms with van der Waals surface area (Å²) in [6.07, 6.45) is -6.69. The van der Waals surface area contributed by atoms with Gasteiger partial charge in [0.2, 0.25) is 11.8 Å². The Hall–Kier alpha value is -4.20. The number of carbonyl (C=O) groups excluding carboxylic acids is 3. The topological polar surface area (TPSA) is 300 Å². The van der Waals surface area contributed by atoms with Crippen LogP contribution in [0.25, 0.3) is 0 Å². The van der Waals surface area contributed by atoms with E-state index in [4.69, 9.17) is 10.5 Å². The molecule has 3 rings (SSSR count). The van der Waals surface area contributed by atoms with Crippen LogP contribution in [0, 0.1) is 5.92 Å². The number of carbonyl (C=O) groups is 4. The molecule has 18 nitrogen and oxygen atoms in total. The molecule has 1 saturated heterocycles. The second-order valence-corrected chi connectivity index (χ2v) is 9.68. The molecule has 11 N–H and O–H groups in total. The number of H-pyrrole nitrogens is 1. The smallest absolute Gasteiger partial charge is 0.328 e. The molecular weight excluding hydrogens is 564 g/mol. The van der Waals surface area contributed by atoms with Crippen LogP contribution in [0.15, 0.2) is 29.3 Å². The highest BCUT2D eigenvalue weighted by Gasteiger charge is 2.51. The summed E-state index contributed by atoms with van der Waals surface area (Å²) in [5, 5.41) is 64.4. The average molecular weight is 597 g/mol. The number of aromatic hydroxyl groups is 1. The molecule has 0 radical (unpaired) electrons. The molecule has 0 unspecified atom stereocenters. The Balaban J connectivity index is 1.89. The van der Waals surface area contributed by atoms with Crippen LogP contribution >= 0.6 is 0 Å². The highest BCUT2D eigenvalue weighted by atomic mass is 16.6. The van der Waals surface area contributed by atoms with Gasteiger partial charge in [0.05, 0.1) is 23.6 Å². The van der Waals surface area contributed by atoms with Crippen LogP contribution in [0.5, 0.6) is 5.75 Å². The summed E-state index contributed by atoms with van der Waals surface area (Å²) >= 11 is 0. The zero-order chi connectivity index (χ0) is 31.3. The van der Waals surface area contributed by atoms with Gasteiger partial charge in [0.15, 0.2) is 12.5 Å². The number of ether oxygens (including phenoxy) is 1. The number of aliphatic carboxylic acids is 1. The lowest BCUT2D eigenvalue weighted by Gasteiger charge is -2.30. The Kier molecular flexibility index (Phi) is 10.5. The first-order valence-electron chi connectivity index (χ1n) is 12.6. The third-order valence-corrected chi connectivity index (χ3v) is 6.82. The molecular formula is C24H32N6O12. The summed E-state index contributed by atoms with van der Waals surface area (Å²) in [5.41, 5.74) is 5.03. The number of aromatic amines is 1. The van der Waals surface area contributed by atoms with Crippen molar-refractivity contribution in [3.05, 3.63) is 46.4 Å². The Morgan fingerprint density at radius 1 is 1.21 bits per heavy atom. The number of nitrogens with one attached hydrogen (secondary N) is 3. The van der Waals surface area contributed by atoms with Gasteiger partial charge in [-0.2, -0.15) is 0 Å². The molecule has 2 amide bonds. The molecule has 2 aromatic rings. The van der Waals surface area contributed by atoms with E-state index >= 15 is 0 Å². The van der Waals surface area contributed by atoms with Crippen molar-refractivity contribution in [3.63, 3.8) is 0 Å². The Morgan fingerprint density at radius 2 is 1.90 bits per heavy atom. The second-order valence-electron chi connectivity index (χ2n) is 9.68. The molecule has 1 aliphatic rings. The molecule has 42 heavy (non-hydrogen) atoms. The van der Waals surface area contributed by atoms with E-state index in [2.05, 4.69) is 20.6 Å². The first kappa shape index (κ1) is 32.3. The third kappa shape index (κ3) is 6.98. The van der Waals surface area contributed by atoms with E-state index in [9.17, 15) is 54.6 Å². The van der Waals surface area contributed by atoms with Crippen LogP contribution in [0.1, 0.15) is 41.9 Å². The number of amides is 2. The van der Waals surface area contributed by atoms with E-state index < -0.39 is 91.2 Å². The highest BCUT2D eigenvalue weighted by molar-refractivity contribution is 5.92. The Bertz CT molecular complexity index is 1330. The second kappa shape index (κ2) is 13.6. The molecule has 0 spiro atoms. The summed E-state index contributed by atoms with van der Waals surface area (Å²) in [7, 11) is 0. The molecule has 0 aromatic carbocycles. The monoisotopic (exact) mass is 596 g/mol. The van der Waals surface area contributed by atoms with Crippen LogP contribution in [0.3, 0.4) is 0 Å². The van der Waals surface area contributed by atoms with Gasteiger partial charge in [0.1, 0.15) is 42.2 Å². The maximum atomic E-state index is 13.3. The fourth-order valence-corrected chi connectivity index (χ4v) is 4.34. The lowest BCUT2D eigenvalue weighted by Crippen LogP contribution is -2.61. The number of imidazole rings is 1. The van der Waals surface area contributed by atoms with Gasteiger partial charge in [-0.05, 0) is 12.1 Å². The van der Waals surface area contributed by atoms with Gasteiger partial charge in [-0.25, -0.2) is 9.59 Å². The number of hydrogen-bond donors (Lipinski definition) is 10. The van der Waals surface area contributed by atoms with Crippen molar-refractivity contribution in [2.24, 2.45) is 11.7 Å². The van der Waals surface area contributed by atoms with Crippen molar-refractivity contribution in [2.45, 2.75) is 62.1 Å². The van der Waals surface area contributed by atoms with Gasteiger partial charge in [-0.3, -0.25) is 23.9 Å². The van der Waals surface area contributed by atoms with Crippen molar-refractivity contribution in [3.8, 4) is 5.75 Å². The number of carboxylic acids is 1. The minimum atomic E-state index is -1.94. The molecule has 1 fully saturated rings. The van der Waals surface area contributed by atoms with Gasteiger partial charge in [0, 0.05) is 25.1 Å². The zero-order valence-corrected chi connectivity index (χ0v) is 22.1. The van der Waals surface area contributed by atoms with E-state index in [1.807, 2.05) is 0 Å². The Morgan fingerprint density at radius 3 is 2.45 bits per heavy atom. The number of rotatable bonds is 13. The zero-order valence-electron chi connectivity index (χ0n) is 22.1. The molecule has 1 aliphatic heterocycles. The highest BCUT2D eigenvalue weighted by Crippen LogP contribution is 2.31. The SMILES string of the molecule is C[C@@H]([C@H](N)C(=O)N[C@H](C(=O)N[C@H](CCO)C(=O)O)[C@@H]1O[C@H](n2cc(C=O)[nH]c2=O)[C@H](O)[C@@H]1O)[C@@H](O)c1ccc(O)cn1. The van der Waals surface area contributed by atoms with Crippen molar-refractivity contribution in [1.82, 2.24) is 25.2 Å². The molecule has 0 saturated carbocycles. The summed E-state index contributed by atoms with van der Waals surface area (Å²) in [6.45, 7) is 0.766. The van der Waals surface area contributed by atoms with Gasteiger partial charge in [-0.15, -0.1) is 0 Å². The summed E-state index contributed by atoms with van der Waals surface area (Å²) in [5.74, 6) is -5.01. The molecule has 18 heteroatoms. The predicted molar refractivity (Wildman–Crippen MR) is 138 cm³/mol. The fourth-order valence-electron chi connectivity index (χ4n) is 4.34. The van der Waals surface area contributed by atoms with Gasteiger partial charge < -0.3 is 56.7 Å². The summed E-state index contributed by atoms with van der Waals surface area (Å²) in [4.78, 5) is 67.4. The quantitative estimate of drug-likeness (QED) is 0.0982. The lowest BCUT2D eigenvalue weighted by molar-refractivity contribution is -0.144. The largest absolute Gasteiger partial charge is 0.506 e. The van der Waals surface area contributed by atoms with Crippen molar-refractivity contribution in [2.75, 3.05) is 6.61 Å². The van der Waals surface area contributed by atoms with Gasteiger partial charge in [0.25, 0.3) is 0 Å². The van der Waals surface area contributed by atoms with Crippen LogP contribution in [0.4, 0.5) is 0 Å². The average Bonchev–Trinajstić information content (AvgIpc) is 3.48. The van der Waals surface area contributed by atoms with E-state index in [0.29, 0.717) is 6.29 Å². The number of nitrogens with zero attached hydrogens (tertiary/aromatic N) is 2. The summed E-state index contributed by atoms with van der Waals surface area (Å²) < 4.78 is 6.34. The van der Waals surface area contributed by atoms with E-state index in [-0.39, 0.29) is 17.1 Å². The predicted octanol–water partition coefficient (Wildman–Crippen LogP) is -4.16. The Labute approximate surface area is 236 Å².